The average Bonchev–Trinajstić information content (AvgIpc) is 3.32. The molecule has 34 heavy (non-hydrogen) atoms. The molecule has 0 bridgehead atoms. The van der Waals surface area contributed by atoms with Crippen molar-refractivity contribution < 1.29 is 18.9 Å². The van der Waals surface area contributed by atoms with Gasteiger partial charge in [0.05, 0.1) is 35.9 Å². The van der Waals surface area contributed by atoms with Crippen LogP contribution in [-0.4, -0.2) is 42.2 Å². The normalized spacial score (nSPS) is 13.4. The van der Waals surface area contributed by atoms with Gasteiger partial charge >= 0.3 is 0 Å². The van der Waals surface area contributed by atoms with Gasteiger partial charge in [-0.2, -0.15) is 0 Å². The van der Waals surface area contributed by atoms with E-state index in [2.05, 4.69) is 26.6 Å². The van der Waals surface area contributed by atoms with Gasteiger partial charge in [-0.15, -0.1) is 0 Å². The van der Waals surface area contributed by atoms with Gasteiger partial charge in [-0.3, -0.25) is 20.2 Å². The van der Waals surface area contributed by atoms with E-state index < -0.39 is 10.8 Å². The first-order chi connectivity index (χ1) is 16.4. The van der Waals surface area contributed by atoms with Crippen LogP contribution in [0.1, 0.15) is 16.1 Å². The number of nitro benzene ring substituents is 1. The summed E-state index contributed by atoms with van der Waals surface area (Å²) in [4.78, 5) is 25.7. The number of nitro groups is 1. The average molecular weight is 545 g/mol. The Hall–Kier alpha value is -3.28. The fourth-order valence-corrected chi connectivity index (χ4v) is 3.95. The first-order valence-electron chi connectivity index (χ1n) is 10.5. The fraction of sp³-hybridized carbons (Fsp3) is 0.217. The first-order valence-corrected chi connectivity index (χ1v) is 11.7. The molecule has 0 atom stereocenters. The second kappa shape index (κ2) is 10.8. The second-order valence-corrected chi connectivity index (χ2v) is 8.79. The van der Waals surface area contributed by atoms with E-state index >= 15 is 0 Å². The van der Waals surface area contributed by atoms with Crippen LogP contribution in [0.4, 0.5) is 11.4 Å². The number of thiocarbonyl (C=S) groups is 1. The number of non-ortho nitro benzene ring substituents is 1. The van der Waals surface area contributed by atoms with E-state index in [4.69, 9.17) is 21.4 Å². The minimum absolute atomic E-state index is 0.0889. The van der Waals surface area contributed by atoms with Crippen LogP contribution < -0.4 is 15.5 Å². The number of nitrogens with one attached hydrogen (secondary N) is 2. The van der Waals surface area contributed by atoms with Crippen molar-refractivity contribution in [2.24, 2.45) is 0 Å². The van der Waals surface area contributed by atoms with E-state index in [1.807, 2.05) is 41.3 Å². The van der Waals surface area contributed by atoms with Crippen molar-refractivity contribution in [3.8, 4) is 11.3 Å². The number of hydrogen-bond acceptors (Lipinski definition) is 7. The van der Waals surface area contributed by atoms with Gasteiger partial charge in [-0.25, -0.2) is 0 Å². The van der Waals surface area contributed by atoms with E-state index in [9.17, 15) is 14.9 Å². The molecule has 2 heterocycles. The number of morpholine rings is 1. The predicted molar refractivity (Wildman–Crippen MR) is 135 cm³/mol. The number of carbonyl (C=O) groups excluding carboxylic acids is 1. The number of carbonyl (C=O) groups is 1. The van der Waals surface area contributed by atoms with Crippen LogP contribution >= 0.6 is 28.1 Å². The molecule has 2 aromatic carbocycles. The molecular formula is C23H21BrN4O5S. The molecule has 1 saturated heterocycles. The molecule has 3 aromatic rings. The number of nitrogens with zero attached hydrogens (tertiary/aromatic N) is 2. The third-order valence-corrected chi connectivity index (χ3v) is 6.00. The quantitative estimate of drug-likeness (QED) is 0.269. The Balaban J connectivity index is 1.41. The molecule has 4 rings (SSSR count). The summed E-state index contributed by atoms with van der Waals surface area (Å²) in [6.45, 7) is 2.47. The topological polar surface area (TPSA) is 110 Å². The summed E-state index contributed by atoms with van der Waals surface area (Å²) in [6.07, 6.45) is 0. The van der Waals surface area contributed by atoms with Gasteiger partial charge in [0.2, 0.25) is 0 Å². The Morgan fingerprint density at radius 1 is 1.12 bits per heavy atom. The molecule has 0 saturated carbocycles. The third kappa shape index (κ3) is 5.79. The molecule has 9 nitrogen and oxygen atoms in total. The molecule has 2 N–H and O–H groups in total. The highest BCUT2D eigenvalue weighted by Gasteiger charge is 2.22. The Bertz CT molecular complexity index is 1210. The number of benzene rings is 2. The van der Waals surface area contributed by atoms with E-state index in [0.717, 1.165) is 10.0 Å². The van der Waals surface area contributed by atoms with Crippen LogP contribution in [-0.2, 0) is 11.3 Å². The highest BCUT2D eigenvalue weighted by atomic mass is 79.9. The zero-order valence-corrected chi connectivity index (χ0v) is 20.4. The van der Waals surface area contributed by atoms with Crippen molar-refractivity contribution in [3.63, 3.8) is 0 Å². The van der Waals surface area contributed by atoms with Crippen molar-refractivity contribution in [2.75, 3.05) is 31.2 Å². The third-order valence-electron chi connectivity index (χ3n) is 5.23. The smallest absolute Gasteiger partial charge is 0.270 e. The summed E-state index contributed by atoms with van der Waals surface area (Å²) in [7, 11) is 0. The summed E-state index contributed by atoms with van der Waals surface area (Å²) in [5.74, 6) is 0.822. The number of hydrogen-bond donors (Lipinski definition) is 2. The van der Waals surface area contributed by atoms with Crippen molar-refractivity contribution in [1.29, 1.82) is 0 Å². The van der Waals surface area contributed by atoms with Gasteiger partial charge in [0.15, 0.2) is 5.11 Å². The van der Waals surface area contributed by atoms with Crippen LogP contribution in [0.25, 0.3) is 11.3 Å². The molecule has 176 valence electrons. The van der Waals surface area contributed by atoms with Crippen LogP contribution in [0.5, 0.6) is 0 Å². The molecule has 1 amide bonds. The van der Waals surface area contributed by atoms with Crippen LogP contribution in [0.3, 0.4) is 0 Å². The Kier molecular flexibility index (Phi) is 7.56. The number of halogens is 1. The Morgan fingerprint density at radius 3 is 2.56 bits per heavy atom. The summed E-state index contributed by atoms with van der Waals surface area (Å²) >= 11 is 8.68. The van der Waals surface area contributed by atoms with Crippen LogP contribution in [0.15, 0.2) is 63.5 Å². The van der Waals surface area contributed by atoms with Gasteiger partial charge in [-0.05, 0) is 42.5 Å². The predicted octanol–water partition coefficient (Wildman–Crippen LogP) is 4.26. The van der Waals surface area contributed by atoms with Crippen LogP contribution in [0, 0.1) is 10.1 Å². The molecular weight excluding hydrogens is 524 g/mol. The maximum absolute atomic E-state index is 13.0. The maximum atomic E-state index is 13.0. The molecule has 0 radical (unpaired) electrons. The molecule has 1 aliphatic rings. The molecule has 0 unspecified atom stereocenters. The number of rotatable bonds is 6. The monoisotopic (exact) mass is 544 g/mol. The number of furan rings is 1. The molecule has 1 aromatic heterocycles. The lowest BCUT2D eigenvalue weighted by Crippen LogP contribution is -2.41. The zero-order valence-electron chi connectivity index (χ0n) is 18.0. The Labute approximate surface area is 209 Å². The standard InChI is InChI=1S/C23H21BrN4O5S/c24-16-3-1-15(2-4-16)21-8-6-18(33-21)14-25-23(34)26-22(29)19-13-17(28(30)31)5-7-20(19)27-9-11-32-12-10-27/h1-8,13H,9-12,14H2,(H2,25,26,29,34). The number of amides is 1. The van der Waals surface area contributed by atoms with Crippen molar-refractivity contribution in [3.05, 3.63) is 80.5 Å². The first kappa shape index (κ1) is 23.9. The summed E-state index contributed by atoms with van der Waals surface area (Å²) < 4.78 is 12.2. The number of anilines is 1. The van der Waals surface area contributed by atoms with Gasteiger partial charge < -0.3 is 19.4 Å². The minimum Gasteiger partial charge on any atom is -0.459 e. The molecule has 0 spiro atoms. The molecule has 0 aliphatic carbocycles. The van der Waals surface area contributed by atoms with E-state index in [0.29, 0.717) is 43.5 Å². The van der Waals surface area contributed by atoms with E-state index in [1.165, 1.54) is 12.1 Å². The van der Waals surface area contributed by atoms with Crippen LogP contribution in [0.2, 0.25) is 0 Å². The summed E-state index contributed by atoms with van der Waals surface area (Å²) in [5.41, 5.74) is 1.54. The lowest BCUT2D eigenvalue weighted by molar-refractivity contribution is -0.384. The van der Waals surface area contributed by atoms with Gasteiger partial charge in [0.1, 0.15) is 11.5 Å². The SMILES string of the molecule is O=C(NC(=S)NCc1ccc(-c2ccc(Br)cc2)o1)c1cc([N+](=O)[O-])ccc1N1CCOCC1. The minimum atomic E-state index is -0.531. The van der Waals surface area contributed by atoms with E-state index in [-0.39, 0.29) is 22.9 Å². The molecule has 11 heteroatoms. The maximum Gasteiger partial charge on any atom is 0.270 e. The van der Waals surface area contributed by atoms with Gasteiger partial charge in [-0.1, -0.05) is 28.1 Å². The van der Waals surface area contributed by atoms with Crippen molar-refractivity contribution >= 4 is 50.5 Å². The van der Waals surface area contributed by atoms with Gasteiger partial charge in [0.25, 0.3) is 11.6 Å². The van der Waals surface area contributed by atoms with Gasteiger partial charge in [0, 0.05) is 35.3 Å². The molecule has 1 fully saturated rings. The Morgan fingerprint density at radius 2 is 1.85 bits per heavy atom. The fourth-order valence-electron chi connectivity index (χ4n) is 3.52. The number of ether oxygens (including phenoxy) is 1. The van der Waals surface area contributed by atoms with Crippen molar-refractivity contribution in [2.45, 2.75) is 6.54 Å². The van der Waals surface area contributed by atoms with Crippen molar-refractivity contribution in [1.82, 2.24) is 10.6 Å². The zero-order chi connectivity index (χ0) is 24.1. The largest absolute Gasteiger partial charge is 0.459 e. The second-order valence-electron chi connectivity index (χ2n) is 7.47. The lowest BCUT2D eigenvalue weighted by atomic mass is 10.1. The lowest BCUT2D eigenvalue weighted by Gasteiger charge is -2.30. The highest BCUT2D eigenvalue weighted by molar-refractivity contribution is 9.10. The summed E-state index contributed by atoms with van der Waals surface area (Å²) in [6, 6.07) is 15.7. The molecule has 1 aliphatic heterocycles. The van der Waals surface area contributed by atoms with E-state index in [1.54, 1.807) is 6.07 Å². The highest BCUT2D eigenvalue weighted by Crippen LogP contribution is 2.27. The summed E-state index contributed by atoms with van der Waals surface area (Å²) in [5, 5.41) is 16.9.